The Balaban J connectivity index is 1.77. The molecule has 9 heteroatoms. The van der Waals surface area contributed by atoms with Gasteiger partial charge in [-0.05, 0) is 36.4 Å². The first-order valence-corrected chi connectivity index (χ1v) is 8.47. The SMILES string of the molecule is COc1cccc(C(=O)NCC(=O)OCC(=O)Nc2cc(Cl)ccc2Cl)c1. The smallest absolute Gasteiger partial charge is 0.325 e. The highest BCUT2D eigenvalue weighted by atomic mass is 35.5. The second-order valence-corrected chi connectivity index (χ2v) is 6.09. The molecule has 2 amide bonds. The molecule has 0 saturated heterocycles. The molecule has 0 saturated carbocycles. The van der Waals surface area contributed by atoms with Crippen LogP contribution in [0.1, 0.15) is 10.4 Å². The van der Waals surface area contributed by atoms with E-state index < -0.39 is 24.4 Å². The van der Waals surface area contributed by atoms with Crippen molar-refractivity contribution in [2.45, 2.75) is 0 Å². The topological polar surface area (TPSA) is 93.7 Å². The van der Waals surface area contributed by atoms with Crippen molar-refractivity contribution >= 4 is 46.7 Å². The lowest BCUT2D eigenvalue weighted by Crippen LogP contribution is -2.32. The van der Waals surface area contributed by atoms with Crippen molar-refractivity contribution in [1.29, 1.82) is 0 Å². The fourth-order valence-electron chi connectivity index (χ4n) is 2.00. The molecule has 27 heavy (non-hydrogen) atoms. The summed E-state index contributed by atoms with van der Waals surface area (Å²) in [6, 6.07) is 11.0. The number of rotatable bonds is 7. The van der Waals surface area contributed by atoms with Crippen LogP contribution in [0.25, 0.3) is 0 Å². The van der Waals surface area contributed by atoms with Crippen molar-refractivity contribution < 1.29 is 23.9 Å². The summed E-state index contributed by atoms with van der Waals surface area (Å²) >= 11 is 11.8. The predicted octanol–water partition coefficient (Wildman–Crippen LogP) is 2.91. The molecular formula is C18H16Cl2N2O5. The Labute approximate surface area is 165 Å². The molecule has 0 aromatic heterocycles. The van der Waals surface area contributed by atoms with Gasteiger partial charge in [-0.15, -0.1) is 0 Å². The minimum Gasteiger partial charge on any atom is -0.497 e. The number of amides is 2. The van der Waals surface area contributed by atoms with Gasteiger partial charge < -0.3 is 20.1 Å². The second-order valence-electron chi connectivity index (χ2n) is 5.25. The lowest BCUT2D eigenvalue weighted by Gasteiger charge is -2.09. The molecule has 0 bridgehead atoms. The number of carbonyl (C=O) groups excluding carboxylic acids is 3. The number of hydrogen-bond donors (Lipinski definition) is 2. The molecule has 0 radical (unpaired) electrons. The fraction of sp³-hybridized carbons (Fsp3) is 0.167. The van der Waals surface area contributed by atoms with Gasteiger partial charge in [-0.25, -0.2) is 0 Å². The van der Waals surface area contributed by atoms with Crippen LogP contribution in [0.15, 0.2) is 42.5 Å². The molecule has 2 aromatic rings. The quantitative estimate of drug-likeness (QED) is 0.684. The first kappa shape index (κ1) is 20.5. The molecule has 142 valence electrons. The largest absolute Gasteiger partial charge is 0.497 e. The maximum atomic E-state index is 12.0. The molecule has 2 N–H and O–H groups in total. The molecule has 2 aromatic carbocycles. The van der Waals surface area contributed by atoms with Gasteiger partial charge in [0.2, 0.25) is 0 Å². The Morgan fingerprint density at radius 3 is 2.59 bits per heavy atom. The van der Waals surface area contributed by atoms with Gasteiger partial charge >= 0.3 is 5.97 Å². The van der Waals surface area contributed by atoms with Gasteiger partial charge in [-0.3, -0.25) is 14.4 Å². The average molecular weight is 411 g/mol. The van der Waals surface area contributed by atoms with Gasteiger partial charge in [-0.2, -0.15) is 0 Å². The Kier molecular flexibility index (Phi) is 7.45. The van der Waals surface area contributed by atoms with Crippen LogP contribution in [-0.2, 0) is 14.3 Å². The predicted molar refractivity (Wildman–Crippen MR) is 101 cm³/mol. The Morgan fingerprint density at radius 1 is 1.07 bits per heavy atom. The van der Waals surface area contributed by atoms with Crippen LogP contribution >= 0.6 is 23.2 Å². The van der Waals surface area contributed by atoms with Gasteiger partial charge in [-0.1, -0.05) is 29.3 Å². The first-order valence-electron chi connectivity index (χ1n) is 7.72. The zero-order valence-corrected chi connectivity index (χ0v) is 15.8. The van der Waals surface area contributed by atoms with Crippen molar-refractivity contribution in [1.82, 2.24) is 5.32 Å². The lowest BCUT2D eigenvalue weighted by molar-refractivity contribution is -0.146. The summed E-state index contributed by atoms with van der Waals surface area (Å²) in [5.74, 6) is -1.31. The fourth-order valence-corrected chi connectivity index (χ4v) is 2.33. The van der Waals surface area contributed by atoms with Crippen LogP contribution in [0.4, 0.5) is 5.69 Å². The average Bonchev–Trinajstić information content (AvgIpc) is 2.67. The molecule has 7 nitrogen and oxygen atoms in total. The molecule has 0 spiro atoms. The maximum absolute atomic E-state index is 12.0. The third kappa shape index (κ3) is 6.47. The van der Waals surface area contributed by atoms with Crippen LogP contribution in [0.2, 0.25) is 10.0 Å². The molecule has 0 unspecified atom stereocenters. The van der Waals surface area contributed by atoms with Crippen molar-refractivity contribution in [3.63, 3.8) is 0 Å². The highest BCUT2D eigenvalue weighted by Crippen LogP contribution is 2.25. The summed E-state index contributed by atoms with van der Waals surface area (Å²) in [5.41, 5.74) is 0.632. The van der Waals surface area contributed by atoms with E-state index in [-0.39, 0.29) is 6.54 Å². The number of benzene rings is 2. The van der Waals surface area contributed by atoms with E-state index in [9.17, 15) is 14.4 Å². The molecule has 0 atom stereocenters. The van der Waals surface area contributed by atoms with Crippen molar-refractivity contribution in [2.24, 2.45) is 0 Å². The normalized spacial score (nSPS) is 10.0. The monoisotopic (exact) mass is 410 g/mol. The summed E-state index contributed by atoms with van der Waals surface area (Å²) in [4.78, 5) is 35.5. The van der Waals surface area contributed by atoms with Gasteiger partial charge in [0.15, 0.2) is 6.61 Å². The van der Waals surface area contributed by atoms with Crippen LogP contribution in [-0.4, -0.2) is 38.0 Å². The van der Waals surface area contributed by atoms with Crippen molar-refractivity contribution in [2.75, 3.05) is 25.6 Å². The number of ether oxygens (including phenoxy) is 2. The first-order chi connectivity index (χ1) is 12.9. The molecule has 0 aliphatic carbocycles. The molecule has 0 heterocycles. The third-order valence-electron chi connectivity index (χ3n) is 3.29. The number of anilines is 1. The van der Waals surface area contributed by atoms with Crippen molar-refractivity contribution in [3.05, 3.63) is 58.1 Å². The van der Waals surface area contributed by atoms with Gasteiger partial charge in [0.1, 0.15) is 12.3 Å². The third-order valence-corrected chi connectivity index (χ3v) is 3.86. The molecular weight excluding hydrogens is 395 g/mol. The number of methoxy groups -OCH3 is 1. The second kappa shape index (κ2) is 9.80. The zero-order chi connectivity index (χ0) is 19.8. The Morgan fingerprint density at radius 2 is 1.85 bits per heavy atom. The highest BCUT2D eigenvalue weighted by molar-refractivity contribution is 6.35. The maximum Gasteiger partial charge on any atom is 0.325 e. The lowest BCUT2D eigenvalue weighted by atomic mass is 10.2. The molecule has 0 fully saturated rings. The summed E-state index contributed by atoms with van der Waals surface area (Å²) < 4.78 is 9.84. The van der Waals surface area contributed by atoms with Gasteiger partial charge in [0, 0.05) is 10.6 Å². The van der Waals surface area contributed by atoms with Crippen LogP contribution in [0, 0.1) is 0 Å². The van der Waals surface area contributed by atoms with E-state index in [0.717, 1.165) is 0 Å². The van der Waals surface area contributed by atoms with Gasteiger partial charge in [0.25, 0.3) is 11.8 Å². The summed E-state index contributed by atoms with van der Waals surface area (Å²) in [6.07, 6.45) is 0. The van der Waals surface area contributed by atoms with E-state index in [2.05, 4.69) is 10.6 Å². The zero-order valence-electron chi connectivity index (χ0n) is 14.3. The van der Waals surface area contributed by atoms with Crippen LogP contribution < -0.4 is 15.4 Å². The van der Waals surface area contributed by atoms with Crippen LogP contribution in [0.3, 0.4) is 0 Å². The summed E-state index contributed by atoms with van der Waals surface area (Å²) in [6.45, 7) is -0.919. The van der Waals surface area contributed by atoms with E-state index in [4.69, 9.17) is 32.7 Å². The van der Waals surface area contributed by atoms with E-state index in [1.807, 2.05) is 0 Å². The van der Waals surface area contributed by atoms with E-state index in [0.29, 0.717) is 27.0 Å². The Hall–Kier alpha value is -2.77. The summed E-state index contributed by atoms with van der Waals surface area (Å²) in [5, 5.41) is 5.57. The minimum absolute atomic E-state index is 0.296. The van der Waals surface area contributed by atoms with Gasteiger partial charge in [0.05, 0.1) is 17.8 Å². The molecule has 2 rings (SSSR count). The standard InChI is InChI=1S/C18H16Cl2N2O5/c1-26-13-4-2-3-11(7-13)18(25)21-9-17(24)27-10-16(23)22-15-8-12(19)5-6-14(15)20/h2-8H,9-10H2,1H3,(H,21,25)(H,22,23). The minimum atomic E-state index is -0.765. The highest BCUT2D eigenvalue weighted by Gasteiger charge is 2.12. The number of nitrogens with one attached hydrogen (secondary N) is 2. The molecule has 0 aliphatic rings. The number of esters is 1. The number of halogens is 2. The van der Waals surface area contributed by atoms with E-state index in [1.54, 1.807) is 24.3 Å². The van der Waals surface area contributed by atoms with Crippen molar-refractivity contribution in [3.8, 4) is 5.75 Å². The Bertz CT molecular complexity index is 857. The van der Waals surface area contributed by atoms with Crippen LogP contribution in [0.5, 0.6) is 5.75 Å². The van der Waals surface area contributed by atoms with E-state index in [1.165, 1.54) is 25.3 Å². The molecule has 0 aliphatic heterocycles. The number of hydrogen-bond acceptors (Lipinski definition) is 5. The number of carbonyl (C=O) groups is 3. The van der Waals surface area contributed by atoms with E-state index >= 15 is 0 Å². The summed E-state index contributed by atoms with van der Waals surface area (Å²) in [7, 11) is 1.48.